The molecule has 3 N–H and O–H groups in total. The number of nitrogens with zero attached hydrogens (tertiary/aromatic N) is 1. The van der Waals surface area contributed by atoms with Crippen molar-refractivity contribution in [3.8, 4) is 0 Å². The number of aromatic amines is 1. The Bertz CT molecular complexity index is 894. The van der Waals surface area contributed by atoms with Crippen LogP contribution in [-0.4, -0.2) is 33.3 Å². The summed E-state index contributed by atoms with van der Waals surface area (Å²) < 4.78 is 1.09. The number of carboxylic acids is 1. The monoisotopic (exact) mass is 333 g/mol. The number of carboxylic acid groups (broad SMARTS) is 1. The first kappa shape index (κ1) is 17.5. The van der Waals surface area contributed by atoms with Crippen LogP contribution in [0, 0.1) is 5.41 Å². The van der Waals surface area contributed by atoms with Gasteiger partial charge in [-0.3, -0.25) is 24.3 Å². The molecule has 24 heavy (non-hydrogen) atoms. The van der Waals surface area contributed by atoms with Crippen LogP contribution in [-0.2, 0) is 16.1 Å². The van der Waals surface area contributed by atoms with Crippen molar-refractivity contribution in [2.75, 3.05) is 6.54 Å². The van der Waals surface area contributed by atoms with E-state index in [4.69, 9.17) is 5.11 Å². The number of fused-ring (bicyclic) bond motifs is 1. The Morgan fingerprint density at radius 3 is 2.46 bits per heavy atom. The molecule has 8 nitrogen and oxygen atoms in total. The number of hydrogen-bond donors (Lipinski definition) is 3. The number of H-pyrrole nitrogens is 1. The van der Waals surface area contributed by atoms with Gasteiger partial charge in [0.2, 0.25) is 5.91 Å². The number of aromatic nitrogens is 2. The fourth-order valence-corrected chi connectivity index (χ4v) is 2.10. The number of carbonyl (C=O) groups is 2. The molecule has 0 saturated carbocycles. The number of benzene rings is 1. The Morgan fingerprint density at radius 2 is 1.83 bits per heavy atom. The van der Waals surface area contributed by atoms with Gasteiger partial charge in [0.1, 0.15) is 0 Å². The van der Waals surface area contributed by atoms with E-state index >= 15 is 0 Å². The Morgan fingerprint density at radius 1 is 1.21 bits per heavy atom. The molecule has 0 fully saturated rings. The van der Waals surface area contributed by atoms with Crippen molar-refractivity contribution >= 4 is 22.6 Å². The van der Waals surface area contributed by atoms with Gasteiger partial charge < -0.3 is 10.4 Å². The molecule has 0 spiro atoms. The van der Waals surface area contributed by atoms with E-state index in [0.29, 0.717) is 5.39 Å². The van der Waals surface area contributed by atoms with E-state index in [-0.39, 0.29) is 30.5 Å². The Labute approximate surface area is 137 Å². The van der Waals surface area contributed by atoms with E-state index in [2.05, 4.69) is 10.4 Å². The van der Waals surface area contributed by atoms with Gasteiger partial charge in [0.05, 0.1) is 22.7 Å². The van der Waals surface area contributed by atoms with E-state index in [1.807, 2.05) is 0 Å². The fourth-order valence-electron chi connectivity index (χ4n) is 2.10. The van der Waals surface area contributed by atoms with Crippen molar-refractivity contribution in [3.05, 3.63) is 45.0 Å². The van der Waals surface area contributed by atoms with Crippen molar-refractivity contribution in [3.63, 3.8) is 0 Å². The van der Waals surface area contributed by atoms with Gasteiger partial charge in [0, 0.05) is 13.0 Å². The highest BCUT2D eigenvalue weighted by molar-refractivity contribution is 5.80. The zero-order valence-electron chi connectivity index (χ0n) is 13.5. The first-order valence-electron chi connectivity index (χ1n) is 7.44. The van der Waals surface area contributed by atoms with Crippen LogP contribution in [0.25, 0.3) is 10.8 Å². The topological polar surface area (TPSA) is 121 Å². The predicted molar refractivity (Wildman–Crippen MR) is 87.9 cm³/mol. The van der Waals surface area contributed by atoms with Crippen LogP contribution in [0.3, 0.4) is 0 Å². The normalized spacial score (nSPS) is 11.4. The lowest BCUT2D eigenvalue weighted by Crippen LogP contribution is -2.39. The van der Waals surface area contributed by atoms with Gasteiger partial charge in [-0.1, -0.05) is 12.1 Å². The fraction of sp³-hybridized carbons (Fsp3) is 0.375. The van der Waals surface area contributed by atoms with E-state index in [1.54, 1.807) is 24.3 Å². The zero-order chi connectivity index (χ0) is 17.9. The number of aryl methyl sites for hydroxylation is 1. The van der Waals surface area contributed by atoms with Gasteiger partial charge in [0.25, 0.3) is 11.1 Å². The second kappa shape index (κ2) is 6.69. The van der Waals surface area contributed by atoms with Crippen LogP contribution in [0.15, 0.2) is 33.9 Å². The number of aliphatic carboxylic acids is 1. The maximum Gasteiger partial charge on any atom is 0.310 e. The molecule has 0 atom stereocenters. The van der Waals surface area contributed by atoms with Gasteiger partial charge in [0.15, 0.2) is 0 Å². The highest BCUT2D eigenvalue weighted by Crippen LogP contribution is 2.13. The third-order valence-corrected chi connectivity index (χ3v) is 3.75. The van der Waals surface area contributed by atoms with Crippen LogP contribution >= 0.6 is 0 Å². The van der Waals surface area contributed by atoms with Crippen molar-refractivity contribution in [2.45, 2.75) is 26.8 Å². The smallest absolute Gasteiger partial charge is 0.310 e. The minimum Gasteiger partial charge on any atom is -0.481 e. The summed E-state index contributed by atoms with van der Waals surface area (Å²) in [5.41, 5.74) is -1.87. The molecule has 0 saturated heterocycles. The van der Waals surface area contributed by atoms with Crippen LogP contribution in [0.2, 0.25) is 0 Å². The van der Waals surface area contributed by atoms with Crippen molar-refractivity contribution < 1.29 is 14.7 Å². The minimum atomic E-state index is -1.08. The minimum absolute atomic E-state index is 0.00175. The number of rotatable bonds is 6. The summed E-state index contributed by atoms with van der Waals surface area (Å²) in [6.45, 7) is 2.98. The highest BCUT2D eigenvalue weighted by atomic mass is 16.4. The number of amides is 1. The molecule has 1 amide bonds. The molecule has 0 unspecified atom stereocenters. The molecule has 2 aromatic rings. The van der Waals surface area contributed by atoms with Gasteiger partial charge in [-0.15, -0.1) is 0 Å². The van der Waals surface area contributed by atoms with Crippen LogP contribution in [0.4, 0.5) is 0 Å². The summed E-state index contributed by atoms with van der Waals surface area (Å²) in [5.74, 6) is -1.41. The average molecular weight is 333 g/mol. The molecule has 0 bridgehead atoms. The molecule has 128 valence electrons. The molecule has 0 aliphatic rings. The Hall–Kier alpha value is -2.90. The third-order valence-electron chi connectivity index (χ3n) is 3.75. The molecule has 0 radical (unpaired) electrons. The number of carbonyl (C=O) groups excluding carboxylic acids is 1. The summed E-state index contributed by atoms with van der Waals surface area (Å²) in [7, 11) is 0. The first-order chi connectivity index (χ1) is 11.2. The van der Waals surface area contributed by atoms with Crippen LogP contribution < -0.4 is 16.4 Å². The Balaban J connectivity index is 2.07. The standard InChI is InChI=1S/C16H19N3O5/c1-16(2,15(23)24)9-17-12(20)7-8-19-14(22)11-6-4-3-5-10(11)13(21)18-19/h3-6H,7-9H2,1-2H3,(H,17,20)(H,18,21)(H,23,24). The molecule has 1 aromatic carbocycles. The molecule has 0 aliphatic carbocycles. The van der Waals surface area contributed by atoms with Crippen molar-refractivity contribution in [1.82, 2.24) is 15.1 Å². The van der Waals surface area contributed by atoms with Crippen LogP contribution in [0.5, 0.6) is 0 Å². The summed E-state index contributed by atoms with van der Waals surface area (Å²) in [6, 6.07) is 6.44. The van der Waals surface area contributed by atoms with Crippen molar-refractivity contribution in [1.29, 1.82) is 0 Å². The summed E-state index contributed by atoms with van der Waals surface area (Å²) >= 11 is 0. The highest BCUT2D eigenvalue weighted by Gasteiger charge is 2.27. The maximum absolute atomic E-state index is 12.3. The SMILES string of the molecule is CC(C)(CNC(=O)CCn1[nH]c(=O)c2ccccc2c1=O)C(=O)O. The lowest BCUT2D eigenvalue weighted by molar-refractivity contribution is -0.146. The summed E-state index contributed by atoms with van der Waals surface area (Å²) in [5, 5.41) is 14.5. The van der Waals surface area contributed by atoms with Crippen molar-refractivity contribution in [2.24, 2.45) is 5.41 Å². The summed E-state index contributed by atoms with van der Waals surface area (Å²) in [4.78, 5) is 47.0. The third kappa shape index (κ3) is 3.70. The second-order valence-corrected chi connectivity index (χ2v) is 6.16. The molecule has 8 heteroatoms. The molecule has 0 aliphatic heterocycles. The quantitative estimate of drug-likeness (QED) is 0.702. The van der Waals surface area contributed by atoms with Gasteiger partial charge in [-0.2, -0.15) is 0 Å². The van der Waals surface area contributed by atoms with Gasteiger partial charge in [-0.25, -0.2) is 4.68 Å². The number of nitrogens with one attached hydrogen (secondary N) is 2. The predicted octanol–water partition coefficient (Wildman–Crippen LogP) is 0.307. The molecular weight excluding hydrogens is 314 g/mol. The van der Waals surface area contributed by atoms with Gasteiger partial charge >= 0.3 is 5.97 Å². The van der Waals surface area contributed by atoms with E-state index in [9.17, 15) is 19.2 Å². The number of hydrogen-bond acceptors (Lipinski definition) is 4. The van der Waals surface area contributed by atoms with E-state index in [1.165, 1.54) is 13.8 Å². The second-order valence-electron chi connectivity index (χ2n) is 6.16. The lowest BCUT2D eigenvalue weighted by atomic mass is 9.94. The molecular formula is C16H19N3O5. The zero-order valence-corrected chi connectivity index (χ0v) is 13.5. The Kier molecular flexibility index (Phi) is 4.87. The molecule has 1 heterocycles. The van der Waals surface area contributed by atoms with Crippen LogP contribution in [0.1, 0.15) is 20.3 Å². The molecule has 2 rings (SSSR count). The average Bonchev–Trinajstić information content (AvgIpc) is 2.55. The molecule has 1 aromatic heterocycles. The lowest BCUT2D eigenvalue weighted by Gasteiger charge is -2.19. The van der Waals surface area contributed by atoms with Gasteiger partial charge in [-0.05, 0) is 26.0 Å². The largest absolute Gasteiger partial charge is 0.481 e. The summed E-state index contributed by atoms with van der Waals surface area (Å²) in [6.07, 6.45) is -0.0517. The van der Waals surface area contributed by atoms with E-state index < -0.39 is 22.9 Å². The van der Waals surface area contributed by atoms with E-state index in [0.717, 1.165) is 4.68 Å². The maximum atomic E-state index is 12.3. The first-order valence-corrected chi connectivity index (χ1v) is 7.44.